The van der Waals surface area contributed by atoms with Gasteiger partial charge in [0, 0.05) is 41.2 Å². The third-order valence-corrected chi connectivity index (χ3v) is 7.55. The van der Waals surface area contributed by atoms with Crippen molar-refractivity contribution in [3.8, 4) is 0 Å². The van der Waals surface area contributed by atoms with Gasteiger partial charge >= 0.3 is 0 Å². The number of hydrogen-bond donors (Lipinski definition) is 1. The number of rotatable bonds is 12. The van der Waals surface area contributed by atoms with Crippen molar-refractivity contribution >= 4 is 50.7 Å². The number of hydrogen-bond acceptors (Lipinski definition) is 4. The molecule has 0 aliphatic carbocycles. The molecule has 2 aromatic carbocycles. The first-order valence-electron chi connectivity index (χ1n) is 11.9. The quantitative estimate of drug-likeness (QED) is 0.391. The second kappa shape index (κ2) is 13.3. The maximum Gasteiger partial charge on any atom is 0.243 e. The second-order valence-electron chi connectivity index (χ2n) is 9.09. The van der Waals surface area contributed by atoms with E-state index in [1.54, 1.807) is 36.4 Å². The smallest absolute Gasteiger partial charge is 0.243 e. The fourth-order valence-corrected chi connectivity index (χ4v) is 5.42. The lowest BCUT2D eigenvalue weighted by Crippen LogP contribution is -2.50. The molecule has 0 aliphatic heterocycles. The van der Waals surface area contributed by atoms with Crippen LogP contribution in [0.25, 0.3) is 0 Å². The molecule has 0 radical (unpaired) electrons. The number of nitrogens with one attached hydrogen (secondary N) is 1. The molecule has 0 unspecified atom stereocenters. The van der Waals surface area contributed by atoms with Gasteiger partial charge in [0.15, 0.2) is 0 Å². The van der Waals surface area contributed by atoms with Gasteiger partial charge in [-0.3, -0.25) is 13.9 Å². The summed E-state index contributed by atoms with van der Waals surface area (Å²) in [5.74, 6) is -0.545. The first kappa shape index (κ1) is 29.9. The van der Waals surface area contributed by atoms with Crippen LogP contribution in [0.4, 0.5) is 5.69 Å². The normalized spacial score (nSPS) is 12.3. The number of nitrogens with zero attached hydrogens (tertiary/aromatic N) is 2. The Balaban J connectivity index is 2.28. The van der Waals surface area contributed by atoms with E-state index in [9.17, 15) is 18.0 Å². The van der Waals surface area contributed by atoms with Crippen molar-refractivity contribution < 1.29 is 18.0 Å². The second-order valence-corrected chi connectivity index (χ2v) is 11.8. The van der Waals surface area contributed by atoms with Gasteiger partial charge in [0.1, 0.15) is 6.04 Å². The van der Waals surface area contributed by atoms with Gasteiger partial charge in [-0.25, -0.2) is 8.42 Å². The molecule has 0 spiro atoms. The monoisotopic (exact) mass is 555 g/mol. The summed E-state index contributed by atoms with van der Waals surface area (Å²) in [7, 11) is -3.55. The molecule has 198 valence electrons. The third-order valence-electron chi connectivity index (χ3n) is 5.65. The highest BCUT2D eigenvalue weighted by atomic mass is 35.5. The first-order valence-corrected chi connectivity index (χ1v) is 14.5. The summed E-state index contributed by atoms with van der Waals surface area (Å²) < 4.78 is 26.2. The fourth-order valence-electron chi connectivity index (χ4n) is 3.94. The van der Waals surface area contributed by atoms with Gasteiger partial charge < -0.3 is 10.2 Å². The molecule has 0 bridgehead atoms. The van der Waals surface area contributed by atoms with Crippen molar-refractivity contribution in [2.24, 2.45) is 0 Å². The van der Waals surface area contributed by atoms with Gasteiger partial charge in [-0.05, 0) is 63.4 Å². The van der Waals surface area contributed by atoms with Gasteiger partial charge in [0.25, 0.3) is 0 Å². The summed E-state index contributed by atoms with van der Waals surface area (Å²) in [5.41, 5.74) is 2.04. The Morgan fingerprint density at radius 2 is 1.67 bits per heavy atom. The predicted molar refractivity (Wildman–Crippen MR) is 147 cm³/mol. The molecule has 0 fully saturated rings. The lowest BCUT2D eigenvalue weighted by atomic mass is 10.1. The Morgan fingerprint density at radius 1 is 1.06 bits per heavy atom. The van der Waals surface area contributed by atoms with Crippen molar-refractivity contribution in [3.05, 3.63) is 63.6 Å². The van der Waals surface area contributed by atoms with Crippen LogP contribution < -0.4 is 9.62 Å². The molecule has 1 N–H and O–H groups in total. The minimum absolute atomic E-state index is 0.0470. The highest BCUT2D eigenvalue weighted by Crippen LogP contribution is 2.27. The number of carbonyl (C=O) groups is 2. The SMILES string of the molecule is CC[C@@H](C(=O)NC(C)C)N(Cc1c(Cl)cccc1Cl)C(=O)CCCN(c1cccc(C)c1)S(C)(=O)=O. The molecule has 0 saturated carbocycles. The average Bonchev–Trinajstić information content (AvgIpc) is 2.77. The number of sulfonamides is 1. The number of benzene rings is 2. The maximum absolute atomic E-state index is 13.5. The van der Waals surface area contributed by atoms with Gasteiger partial charge in [-0.1, -0.05) is 48.3 Å². The minimum Gasteiger partial charge on any atom is -0.352 e. The van der Waals surface area contributed by atoms with E-state index in [2.05, 4.69) is 5.32 Å². The molecule has 7 nitrogen and oxygen atoms in total. The number of carbonyl (C=O) groups excluding carboxylic acids is 2. The van der Waals surface area contributed by atoms with Crippen molar-refractivity contribution in [1.82, 2.24) is 10.2 Å². The minimum atomic E-state index is -3.55. The molecule has 0 saturated heterocycles. The van der Waals surface area contributed by atoms with Crippen molar-refractivity contribution in [2.45, 2.75) is 65.6 Å². The van der Waals surface area contributed by atoms with E-state index in [0.29, 0.717) is 27.7 Å². The maximum atomic E-state index is 13.5. The van der Waals surface area contributed by atoms with Crippen molar-refractivity contribution in [1.29, 1.82) is 0 Å². The number of aryl methyl sites for hydroxylation is 1. The summed E-state index contributed by atoms with van der Waals surface area (Å²) >= 11 is 12.7. The summed E-state index contributed by atoms with van der Waals surface area (Å²) in [6.45, 7) is 7.62. The lowest BCUT2D eigenvalue weighted by Gasteiger charge is -2.32. The van der Waals surface area contributed by atoms with Gasteiger partial charge in [0.2, 0.25) is 21.8 Å². The zero-order valence-corrected chi connectivity index (χ0v) is 23.8. The Morgan fingerprint density at radius 3 is 2.19 bits per heavy atom. The summed E-state index contributed by atoms with van der Waals surface area (Å²) in [6, 6.07) is 11.5. The van der Waals surface area contributed by atoms with E-state index in [1.807, 2.05) is 33.8 Å². The van der Waals surface area contributed by atoms with E-state index in [1.165, 1.54) is 9.21 Å². The van der Waals surface area contributed by atoms with E-state index in [0.717, 1.165) is 11.8 Å². The van der Waals surface area contributed by atoms with Crippen LogP contribution in [-0.4, -0.2) is 50.0 Å². The topological polar surface area (TPSA) is 86.8 Å². The Hall–Kier alpha value is -2.29. The molecule has 0 aliphatic rings. The summed E-state index contributed by atoms with van der Waals surface area (Å²) in [5, 5.41) is 3.69. The molecule has 0 aromatic heterocycles. The van der Waals surface area contributed by atoms with Gasteiger partial charge in [-0.2, -0.15) is 0 Å². The van der Waals surface area contributed by atoms with Crippen LogP contribution in [0.15, 0.2) is 42.5 Å². The van der Waals surface area contributed by atoms with E-state index in [4.69, 9.17) is 23.2 Å². The number of amides is 2. The predicted octanol–water partition coefficient (Wildman–Crippen LogP) is 5.18. The highest BCUT2D eigenvalue weighted by Gasteiger charge is 2.30. The molecular formula is C26H35Cl2N3O4S. The van der Waals surface area contributed by atoms with Gasteiger partial charge in [-0.15, -0.1) is 0 Å². The molecule has 2 rings (SSSR count). The fraction of sp³-hybridized carbons (Fsp3) is 0.462. The first-order chi connectivity index (χ1) is 16.8. The Bertz CT molecular complexity index is 1150. The zero-order valence-electron chi connectivity index (χ0n) is 21.4. The van der Waals surface area contributed by atoms with Crippen LogP contribution in [0.3, 0.4) is 0 Å². The van der Waals surface area contributed by atoms with Crippen LogP contribution >= 0.6 is 23.2 Å². The molecule has 2 amide bonds. The molecule has 2 aromatic rings. The van der Waals surface area contributed by atoms with Crippen LogP contribution in [0.1, 0.15) is 51.2 Å². The highest BCUT2D eigenvalue weighted by molar-refractivity contribution is 7.92. The molecule has 36 heavy (non-hydrogen) atoms. The lowest BCUT2D eigenvalue weighted by molar-refractivity contribution is -0.141. The van der Waals surface area contributed by atoms with E-state index >= 15 is 0 Å². The average molecular weight is 557 g/mol. The van der Waals surface area contributed by atoms with Gasteiger partial charge in [0.05, 0.1) is 11.9 Å². The summed E-state index contributed by atoms with van der Waals surface area (Å²) in [4.78, 5) is 27.9. The Kier molecular flexibility index (Phi) is 11.1. The van der Waals surface area contributed by atoms with Crippen LogP contribution in [-0.2, 0) is 26.2 Å². The molecular weight excluding hydrogens is 521 g/mol. The summed E-state index contributed by atoms with van der Waals surface area (Å²) in [6.07, 6.45) is 1.86. The van der Waals surface area contributed by atoms with E-state index in [-0.39, 0.29) is 43.8 Å². The molecule has 0 heterocycles. The van der Waals surface area contributed by atoms with Crippen molar-refractivity contribution in [3.63, 3.8) is 0 Å². The zero-order chi connectivity index (χ0) is 27.0. The largest absolute Gasteiger partial charge is 0.352 e. The third kappa shape index (κ3) is 8.39. The van der Waals surface area contributed by atoms with Crippen molar-refractivity contribution in [2.75, 3.05) is 17.1 Å². The number of anilines is 1. The standard InChI is InChI=1S/C26H35Cl2N3O4S/c1-6-24(26(33)29-18(2)3)30(17-21-22(27)12-8-13-23(21)28)25(32)14-9-15-31(36(5,34)35)20-11-7-10-19(4)16-20/h7-8,10-13,16,18,24H,6,9,14-15,17H2,1-5H3,(H,29,33)/t24-/m0/s1. The molecule has 10 heteroatoms. The van der Waals surface area contributed by atoms with Crippen LogP contribution in [0, 0.1) is 6.92 Å². The Labute approximate surface area is 224 Å². The van der Waals surface area contributed by atoms with E-state index < -0.39 is 16.1 Å². The molecule has 1 atom stereocenters. The van der Waals surface area contributed by atoms with Crippen LogP contribution in [0.2, 0.25) is 10.0 Å². The number of halogens is 2. The van der Waals surface area contributed by atoms with Crippen LogP contribution in [0.5, 0.6) is 0 Å².